The molecule has 2 aromatic heterocycles. The summed E-state index contributed by atoms with van der Waals surface area (Å²) < 4.78 is 3.57. The van der Waals surface area contributed by atoms with Crippen molar-refractivity contribution in [2.24, 2.45) is 5.92 Å². The Morgan fingerprint density at radius 1 is 1.07 bits per heavy atom. The first-order chi connectivity index (χ1) is 13.5. The zero-order valence-corrected chi connectivity index (χ0v) is 16.6. The van der Waals surface area contributed by atoms with E-state index in [2.05, 4.69) is 25.4 Å². The number of nitrogens with zero attached hydrogens (tertiary/aromatic N) is 3. The van der Waals surface area contributed by atoms with Crippen LogP contribution in [0.25, 0.3) is 27.8 Å². The van der Waals surface area contributed by atoms with E-state index in [1.54, 1.807) is 4.57 Å². The largest absolute Gasteiger partial charge is 0.340 e. The third-order valence-electron chi connectivity index (χ3n) is 5.21. The van der Waals surface area contributed by atoms with Crippen LogP contribution in [0.3, 0.4) is 0 Å². The molecule has 144 valence electrons. The van der Waals surface area contributed by atoms with Crippen molar-refractivity contribution in [1.82, 2.24) is 19.1 Å². The zero-order valence-electron chi connectivity index (χ0n) is 16.6. The molecule has 0 aliphatic carbocycles. The van der Waals surface area contributed by atoms with Gasteiger partial charge in [-0.3, -0.25) is 9.13 Å². The first kappa shape index (κ1) is 18.3. The fourth-order valence-corrected chi connectivity index (χ4v) is 3.85. The van der Waals surface area contributed by atoms with Gasteiger partial charge < -0.3 is 4.98 Å². The van der Waals surface area contributed by atoms with E-state index >= 15 is 0 Å². The molecule has 0 bridgehead atoms. The number of imidazole rings is 2. The van der Waals surface area contributed by atoms with Gasteiger partial charge in [-0.05, 0) is 49.9 Å². The molecule has 28 heavy (non-hydrogen) atoms. The number of allylic oxidation sites excluding steroid dienone is 1. The lowest BCUT2D eigenvalue weighted by Crippen LogP contribution is -2.28. The molecule has 5 nitrogen and oxygen atoms in total. The van der Waals surface area contributed by atoms with E-state index in [0.29, 0.717) is 11.6 Å². The van der Waals surface area contributed by atoms with Gasteiger partial charge in [-0.15, -0.1) is 0 Å². The second kappa shape index (κ2) is 7.15. The minimum absolute atomic E-state index is 0.0667. The standard InChI is InChI=1S/C23H26N4O/c1-15(2)13-14-21(22-24-17-9-5-6-10-18(17)25-22)27-20-12-8-7-11-19(20)26(16(3)4)23(27)28/h5-12,15,21H,3,13-14H2,1-2,4H3,(H,24,25). The van der Waals surface area contributed by atoms with E-state index < -0.39 is 0 Å². The van der Waals surface area contributed by atoms with Crippen LogP contribution in [0.15, 0.2) is 59.9 Å². The average Bonchev–Trinajstić information content (AvgIpc) is 3.21. The summed E-state index contributed by atoms with van der Waals surface area (Å²) in [4.78, 5) is 21.7. The molecule has 0 aliphatic rings. The predicted octanol–water partition coefficient (Wildman–Crippen LogP) is 5.20. The average molecular weight is 374 g/mol. The molecule has 1 unspecified atom stereocenters. The van der Waals surface area contributed by atoms with E-state index in [-0.39, 0.29) is 11.7 Å². The number of fused-ring (bicyclic) bond motifs is 2. The highest BCUT2D eigenvalue weighted by Crippen LogP contribution is 2.28. The summed E-state index contributed by atoms with van der Waals surface area (Å²) in [6.07, 6.45) is 1.84. The Morgan fingerprint density at radius 2 is 1.75 bits per heavy atom. The quantitative estimate of drug-likeness (QED) is 0.504. The molecule has 1 atom stereocenters. The SMILES string of the molecule is C=C(C)n1c(=O)n(C(CCC(C)C)c2nc3ccccc3[nH]2)c2ccccc21. The number of aromatic amines is 1. The summed E-state index contributed by atoms with van der Waals surface area (Å²) in [7, 11) is 0. The van der Waals surface area contributed by atoms with Gasteiger partial charge in [0.25, 0.3) is 0 Å². The molecule has 0 saturated carbocycles. The maximum atomic E-state index is 13.4. The van der Waals surface area contributed by atoms with Crippen molar-refractivity contribution in [2.75, 3.05) is 0 Å². The summed E-state index contributed by atoms with van der Waals surface area (Å²) in [6.45, 7) is 10.3. The topological polar surface area (TPSA) is 55.6 Å². The van der Waals surface area contributed by atoms with Crippen LogP contribution in [0.4, 0.5) is 0 Å². The first-order valence-electron chi connectivity index (χ1n) is 9.80. The highest BCUT2D eigenvalue weighted by molar-refractivity contribution is 5.80. The maximum absolute atomic E-state index is 13.4. The number of H-pyrrole nitrogens is 1. The predicted molar refractivity (Wildman–Crippen MR) is 116 cm³/mol. The molecule has 1 N–H and O–H groups in total. The van der Waals surface area contributed by atoms with Crippen LogP contribution in [-0.2, 0) is 0 Å². The Morgan fingerprint density at radius 3 is 2.43 bits per heavy atom. The van der Waals surface area contributed by atoms with E-state index in [4.69, 9.17) is 4.98 Å². The number of hydrogen-bond donors (Lipinski definition) is 1. The van der Waals surface area contributed by atoms with Gasteiger partial charge in [-0.1, -0.05) is 44.7 Å². The van der Waals surface area contributed by atoms with Crippen molar-refractivity contribution >= 4 is 27.8 Å². The van der Waals surface area contributed by atoms with Crippen LogP contribution in [0.5, 0.6) is 0 Å². The number of aromatic nitrogens is 4. The third-order valence-corrected chi connectivity index (χ3v) is 5.21. The molecule has 0 radical (unpaired) electrons. The van der Waals surface area contributed by atoms with E-state index in [1.807, 2.05) is 60.0 Å². The van der Waals surface area contributed by atoms with Crippen molar-refractivity contribution < 1.29 is 0 Å². The van der Waals surface area contributed by atoms with Gasteiger partial charge in [0.15, 0.2) is 0 Å². The van der Waals surface area contributed by atoms with E-state index in [1.165, 1.54) is 0 Å². The second-order valence-corrected chi connectivity index (χ2v) is 7.84. The maximum Gasteiger partial charge on any atom is 0.334 e. The van der Waals surface area contributed by atoms with Gasteiger partial charge in [0, 0.05) is 5.70 Å². The smallest absolute Gasteiger partial charge is 0.334 e. The van der Waals surface area contributed by atoms with Crippen molar-refractivity contribution in [2.45, 2.75) is 39.7 Å². The first-order valence-corrected chi connectivity index (χ1v) is 9.80. The van der Waals surface area contributed by atoms with Gasteiger partial charge in [-0.2, -0.15) is 0 Å². The third kappa shape index (κ3) is 3.07. The Hall–Kier alpha value is -3.08. The van der Waals surface area contributed by atoms with Crippen molar-refractivity contribution in [3.63, 3.8) is 0 Å². The van der Waals surface area contributed by atoms with Crippen molar-refractivity contribution in [1.29, 1.82) is 0 Å². The van der Waals surface area contributed by atoms with E-state index in [9.17, 15) is 4.79 Å². The number of hydrogen-bond acceptors (Lipinski definition) is 2. The van der Waals surface area contributed by atoms with Gasteiger partial charge in [-0.25, -0.2) is 9.78 Å². The van der Waals surface area contributed by atoms with Crippen molar-refractivity contribution in [3.8, 4) is 0 Å². The minimum atomic E-state index is -0.159. The van der Waals surface area contributed by atoms with Crippen LogP contribution >= 0.6 is 0 Å². The highest BCUT2D eigenvalue weighted by Gasteiger charge is 2.25. The summed E-state index contributed by atoms with van der Waals surface area (Å²) >= 11 is 0. The lowest BCUT2D eigenvalue weighted by molar-refractivity contribution is 0.446. The van der Waals surface area contributed by atoms with Crippen LogP contribution in [0, 0.1) is 5.92 Å². The second-order valence-electron chi connectivity index (χ2n) is 7.84. The van der Waals surface area contributed by atoms with Gasteiger partial charge in [0.1, 0.15) is 5.82 Å². The Labute approximate surface area is 164 Å². The monoisotopic (exact) mass is 374 g/mol. The number of nitrogens with one attached hydrogen (secondary N) is 1. The highest BCUT2D eigenvalue weighted by atomic mass is 16.1. The molecule has 4 rings (SSSR count). The lowest BCUT2D eigenvalue weighted by Gasteiger charge is -2.18. The Balaban J connectivity index is 1.96. The van der Waals surface area contributed by atoms with Gasteiger partial charge >= 0.3 is 5.69 Å². The van der Waals surface area contributed by atoms with Crippen LogP contribution in [0.1, 0.15) is 45.5 Å². The molecular formula is C23H26N4O. The zero-order chi connectivity index (χ0) is 19.8. The number of para-hydroxylation sites is 4. The normalized spacial score (nSPS) is 12.9. The molecule has 0 spiro atoms. The molecule has 5 heteroatoms. The number of benzene rings is 2. The summed E-state index contributed by atoms with van der Waals surface area (Å²) in [5, 5.41) is 0. The van der Waals surface area contributed by atoms with Crippen LogP contribution < -0.4 is 5.69 Å². The molecule has 0 fully saturated rings. The van der Waals surface area contributed by atoms with Crippen molar-refractivity contribution in [3.05, 3.63) is 71.4 Å². The molecule has 2 heterocycles. The van der Waals surface area contributed by atoms with Crippen LogP contribution in [-0.4, -0.2) is 19.1 Å². The minimum Gasteiger partial charge on any atom is -0.340 e. The molecule has 0 amide bonds. The van der Waals surface area contributed by atoms with Crippen LogP contribution in [0.2, 0.25) is 0 Å². The summed E-state index contributed by atoms with van der Waals surface area (Å²) in [5.41, 5.74) is 4.35. The lowest BCUT2D eigenvalue weighted by atomic mass is 10.0. The molecule has 0 aliphatic heterocycles. The molecule has 4 aromatic rings. The fourth-order valence-electron chi connectivity index (χ4n) is 3.85. The molecular weight excluding hydrogens is 348 g/mol. The fraction of sp³-hybridized carbons (Fsp3) is 0.304. The Kier molecular flexibility index (Phi) is 4.67. The number of rotatable bonds is 6. The summed E-state index contributed by atoms with van der Waals surface area (Å²) in [6, 6.07) is 15.7. The van der Waals surface area contributed by atoms with E-state index in [0.717, 1.165) is 40.7 Å². The molecule has 2 aromatic carbocycles. The molecule has 0 saturated heterocycles. The van der Waals surface area contributed by atoms with Gasteiger partial charge in [0.05, 0.1) is 28.1 Å². The van der Waals surface area contributed by atoms with Gasteiger partial charge in [0.2, 0.25) is 0 Å². The Bertz CT molecular complexity index is 1180. The summed E-state index contributed by atoms with van der Waals surface area (Å²) in [5.74, 6) is 1.37.